The van der Waals surface area contributed by atoms with E-state index in [1.807, 2.05) is 24.5 Å². The van der Waals surface area contributed by atoms with Crippen LogP contribution in [0.2, 0.25) is 5.02 Å². The summed E-state index contributed by atoms with van der Waals surface area (Å²) in [6, 6.07) is 5.68. The molecule has 0 bridgehead atoms. The zero-order valence-corrected chi connectivity index (χ0v) is 15.4. The largest absolute Gasteiger partial charge is 0.548 e. The normalized spacial score (nSPS) is 20.7. The summed E-state index contributed by atoms with van der Waals surface area (Å²) in [6.45, 7) is 3.07. The molecule has 0 spiro atoms. The van der Waals surface area contributed by atoms with Crippen LogP contribution >= 0.6 is 11.6 Å². The van der Waals surface area contributed by atoms with Crippen molar-refractivity contribution in [3.8, 4) is 0 Å². The quantitative estimate of drug-likeness (QED) is 0.611. The summed E-state index contributed by atoms with van der Waals surface area (Å²) in [7, 11) is 1.76. The maximum atomic E-state index is 10.7. The Balaban J connectivity index is 0.000000160. The average molecular weight is 377 g/mol. The molecular weight excluding hydrogens is 356 g/mol. The highest BCUT2D eigenvalue weighted by molar-refractivity contribution is 6.32. The summed E-state index contributed by atoms with van der Waals surface area (Å²) in [6.07, 6.45) is 3.79. The third-order valence-electron chi connectivity index (χ3n) is 4.78. The smallest absolute Gasteiger partial charge is 0.191 e. The van der Waals surface area contributed by atoms with Crippen molar-refractivity contribution < 1.29 is 19.6 Å². The van der Waals surface area contributed by atoms with E-state index in [-0.39, 0.29) is 6.61 Å². The van der Waals surface area contributed by atoms with Crippen molar-refractivity contribution in [2.75, 3.05) is 32.5 Å². The number of rotatable bonds is 1. The SMILES string of the molecule is CN1CCOCC1(C)C(=O)[O-].Nc1cc(Cl)cc2c1[nH]c1c[nH+]ccc12. The fraction of sp³-hybridized carbons (Fsp3) is 0.333. The van der Waals surface area contributed by atoms with E-state index < -0.39 is 11.5 Å². The second-order valence-corrected chi connectivity index (χ2v) is 6.99. The number of nitrogens with one attached hydrogen (secondary N) is 2. The van der Waals surface area contributed by atoms with Crippen LogP contribution in [0.15, 0.2) is 30.6 Å². The van der Waals surface area contributed by atoms with E-state index in [1.54, 1.807) is 24.9 Å². The Bertz CT molecular complexity index is 958. The van der Waals surface area contributed by atoms with Crippen molar-refractivity contribution >= 4 is 45.1 Å². The number of carbonyl (C=O) groups is 1. The molecule has 3 heterocycles. The molecule has 1 saturated heterocycles. The zero-order chi connectivity index (χ0) is 18.9. The Labute approximate surface area is 155 Å². The first-order valence-electron chi connectivity index (χ1n) is 8.20. The van der Waals surface area contributed by atoms with Crippen molar-refractivity contribution in [3.05, 3.63) is 35.6 Å². The van der Waals surface area contributed by atoms with Crippen molar-refractivity contribution in [2.24, 2.45) is 0 Å². The molecule has 1 fully saturated rings. The van der Waals surface area contributed by atoms with Crippen LogP contribution in [0.4, 0.5) is 5.69 Å². The summed E-state index contributed by atoms with van der Waals surface area (Å²) in [4.78, 5) is 18.7. The lowest BCUT2D eigenvalue weighted by atomic mass is 10.0. The lowest BCUT2D eigenvalue weighted by Crippen LogP contribution is -2.62. The second-order valence-electron chi connectivity index (χ2n) is 6.55. The highest BCUT2D eigenvalue weighted by Crippen LogP contribution is 2.30. The molecular formula is C18H21ClN4O3. The van der Waals surface area contributed by atoms with Crippen LogP contribution in [0.5, 0.6) is 0 Å². The number of nitrogen functional groups attached to an aromatic ring is 1. The molecule has 1 aliphatic heterocycles. The minimum Gasteiger partial charge on any atom is -0.548 e. The third-order valence-corrected chi connectivity index (χ3v) is 5.00. The number of morpholine rings is 1. The molecule has 8 heteroatoms. The molecule has 1 unspecified atom stereocenters. The number of benzene rings is 1. The van der Waals surface area contributed by atoms with E-state index in [0.29, 0.717) is 23.9 Å². The molecule has 1 aliphatic rings. The molecule has 7 nitrogen and oxygen atoms in total. The van der Waals surface area contributed by atoms with E-state index in [9.17, 15) is 9.90 Å². The van der Waals surface area contributed by atoms with Gasteiger partial charge in [0.1, 0.15) is 5.52 Å². The number of hydrogen-bond acceptors (Lipinski definition) is 5. The first kappa shape index (κ1) is 18.4. The second kappa shape index (κ2) is 7.11. The van der Waals surface area contributed by atoms with Gasteiger partial charge in [-0.3, -0.25) is 4.90 Å². The molecule has 0 amide bonds. The minimum absolute atomic E-state index is 0.214. The van der Waals surface area contributed by atoms with Gasteiger partial charge in [-0.2, -0.15) is 0 Å². The molecule has 2 aromatic heterocycles. The summed E-state index contributed by atoms with van der Waals surface area (Å²) >= 11 is 5.98. The van der Waals surface area contributed by atoms with Crippen LogP contribution in [0.3, 0.4) is 0 Å². The zero-order valence-electron chi connectivity index (χ0n) is 14.6. The van der Waals surface area contributed by atoms with E-state index in [1.165, 1.54) is 0 Å². The van der Waals surface area contributed by atoms with E-state index in [0.717, 1.165) is 21.8 Å². The number of halogens is 1. The van der Waals surface area contributed by atoms with Crippen LogP contribution < -0.4 is 15.8 Å². The number of nitrogens with zero attached hydrogens (tertiary/aromatic N) is 1. The average Bonchev–Trinajstić information content (AvgIpc) is 2.97. The topological polar surface area (TPSA) is 109 Å². The van der Waals surface area contributed by atoms with Crippen LogP contribution in [-0.2, 0) is 9.53 Å². The number of nitrogens with two attached hydrogens (primary N) is 1. The molecule has 138 valence electrons. The van der Waals surface area contributed by atoms with Crippen LogP contribution in [-0.4, -0.2) is 48.2 Å². The van der Waals surface area contributed by atoms with Gasteiger partial charge in [0.05, 0.1) is 35.9 Å². The number of hydrogen-bond donors (Lipinski definition) is 2. The van der Waals surface area contributed by atoms with Gasteiger partial charge in [0, 0.05) is 28.4 Å². The van der Waals surface area contributed by atoms with Gasteiger partial charge < -0.3 is 25.4 Å². The van der Waals surface area contributed by atoms with Crippen molar-refractivity contribution in [3.63, 3.8) is 0 Å². The highest BCUT2D eigenvalue weighted by Gasteiger charge is 2.33. The Kier molecular flexibility index (Phi) is 5.04. The van der Waals surface area contributed by atoms with Gasteiger partial charge in [-0.15, -0.1) is 0 Å². The summed E-state index contributed by atoms with van der Waals surface area (Å²) < 4.78 is 5.05. The number of aliphatic carboxylic acids is 1. The number of ether oxygens (including phenoxy) is 1. The van der Waals surface area contributed by atoms with Gasteiger partial charge in [0.2, 0.25) is 0 Å². The maximum Gasteiger partial charge on any atom is 0.191 e. The van der Waals surface area contributed by atoms with E-state index >= 15 is 0 Å². The molecule has 3 aromatic rings. The number of fused-ring (bicyclic) bond motifs is 3. The van der Waals surface area contributed by atoms with Crippen LogP contribution in [0, 0.1) is 0 Å². The maximum absolute atomic E-state index is 10.7. The Hall–Kier alpha value is -2.35. The highest BCUT2D eigenvalue weighted by atomic mass is 35.5. The number of carboxylic acids is 1. The minimum atomic E-state index is -1.07. The standard InChI is InChI=1S/C11H8ClN3.C7H13NO3/c12-6-3-8-7-1-2-14-5-10(7)15-11(8)9(13)4-6;1-7(6(9)10)5-11-4-3-8(7)2/h1-5,15H,13H2;3-5H2,1-2H3,(H,9,10). The number of aromatic amines is 2. The lowest BCUT2D eigenvalue weighted by molar-refractivity contribution is -0.376. The summed E-state index contributed by atoms with van der Waals surface area (Å²) in [5.74, 6) is -1.07. The number of likely N-dealkylation sites (N-methyl/N-ethyl adjacent to an activating group) is 1. The molecule has 0 saturated carbocycles. The van der Waals surface area contributed by atoms with Crippen LogP contribution in [0.25, 0.3) is 21.8 Å². The molecule has 1 atom stereocenters. The fourth-order valence-corrected chi connectivity index (χ4v) is 3.15. The first-order chi connectivity index (χ1) is 12.3. The molecule has 0 radical (unpaired) electrons. The Morgan fingerprint density at radius 1 is 1.46 bits per heavy atom. The lowest BCUT2D eigenvalue weighted by Gasteiger charge is -2.42. The molecule has 1 aromatic carbocycles. The van der Waals surface area contributed by atoms with E-state index in [4.69, 9.17) is 22.1 Å². The van der Waals surface area contributed by atoms with Crippen LogP contribution in [0.1, 0.15) is 6.92 Å². The van der Waals surface area contributed by atoms with Gasteiger partial charge in [-0.25, -0.2) is 4.98 Å². The van der Waals surface area contributed by atoms with Gasteiger partial charge in [-0.05, 0) is 26.1 Å². The number of carbonyl (C=O) groups excluding carboxylic acids is 1. The number of carboxylic acid groups (broad SMARTS) is 1. The molecule has 0 aliphatic carbocycles. The van der Waals surface area contributed by atoms with Gasteiger partial charge in [0.25, 0.3) is 0 Å². The Morgan fingerprint density at radius 3 is 2.88 bits per heavy atom. The molecule has 26 heavy (non-hydrogen) atoms. The molecule has 4 N–H and O–H groups in total. The van der Waals surface area contributed by atoms with E-state index in [2.05, 4.69) is 9.97 Å². The predicted molar refractivity (Wildman–Crippen MR) is 98.6 cm³/mol. The number of H-pyrrole nitrogens is 2. The van der Waals surface area contributed by atoms with Crippen molar-refractivity contribution in [2.45, 2.75) is 12.5 Å². The monoisotopic (exact) mass is 376 g/mol. The number of anilines is 1. The summed E-state index contributed by atoms with van der Waals surface area (Å²) in [5, 5.41) is 13.5. The van der Waals surface area contributed by atoms with Gasteiger partial charge in [0.15, 0.2) is 12.4 Å². The number of pyridine rings is 1. The number of aromatic nitrogens is 2. The van der Waals surface area contributed by atoms with Crippen molar-refractivity contribution in [1.29, 1.82) is 0 Å². The van der Waals surface area contributed by atoms with Gasteiger partial charge in [-0.1, -0.05) is 11.6 Å². The predicted octanol–water partition coefficient (Wildman–Crippen LogP) is 0.828. The molecule has 4 rings (SSSR count). The van der Waals surface area contributed by atoms with Crippen molar-refractivity contribution in [1.82, 2.24) is 9.88 Å². The Morgan fingerprint density at radius 2 is 2.23 bits per heavy atom. The third kappa shape index (κ3) is 3.33. The van der Waals surface area contributed by atoms with Gasteiger partial charge >= 0.3 is 0 Å². The summed E-state index contributed by atoms with van der Waals surface area (Å²) in [5.41, 5.74) is 7.59. The first-order valence-corrected chi connectivity index (χ1v) is 8.57. The fourth-order valence-electron chi connectivity index (χ4n) is 2.93.